The third-order valence-corrected chi connectivity index (χ3v) is 5.06. The Morgan fingerprint density at radius 3 is 2.50 bits per heavy atom. The normalized spacial score (nSPS) is 11.9. The highest BCUT2D eigenvalue weighted by Crippen LogP contribution is 2.24. The van der Waals surface area contributed by atoms with Gasteiger partial charge in [-0.3, -0.25) is 0 Å². The summed E-state index contributed by atoms with van der Waals surface area (Å²) in [6, 6.07) is 2.71. The van der Waals surface area contributed by atoms with E-state index in [4.69, 9.17) is 5.73 Å². The summed E-state index contributed by atoms with van der Waals surface area (Å²) in [4.78, 5) is -0.0268. The molecule has 6 heteroatoms. The maximum absolute atomic E-state index is 13.8. The first kappa shape index (κ1) is 16.8. The van der Waals surface area contributed by atoms with Crippen molar-refractivity contribution >= 4 is 10.0 Å². The number of hydrogen-bond acceptors (Lipinski definition) is 3. The molecule has 20 heavy (non-hydrogen) atoms. The van der Waals surface area contributed by atoms with Crippen molar-refractivity contribution in [2.45, 2.75) is 32.2 Å². The van der Waals surface area contributed by atoms with Gasteiger partial charge in [0, 0.05) is 25.2 Å². The zero-order chi connectivity index (χ0) is 15.5. The van der Waals surface area contributed by atoms with Crippen LogP contribution in [0.25, 0.3) is 0 Å². The van der Waals surface area contributed by atoms with Gasteiger partial charge < -0.3 is 5.73 Å². The molecule has 0 radical (unpaired) electrons. The number of nitrogens with zero attached hydrogens (tertiary/aromatic N) is 1. The molecule has 1 rings (SSSR count). The van der Waals surface area contributed by atoms with Crippen LogP contribution in [-0.2, 0) is 16.6 Å². The highest BCUT2D eigenvalue weighted by atomic mass is 32.2. The second-order valence-electron chi connectivity index (χ2n) is 4.79. The summed E-state index contributed by atoms with van der Waals surface area (Å²) in [5, 5.41) is 0. The zero-order valence-electron chi connectivity index (χ0n) is 12.1. The van der Waals surface area contributed by atoms with Gasteiger partial charge in [-0.05, 0) is 31.5 Å². The third kappa shape index (κ3) is 3.45. The van der Waals surface area contributed by atoms with Crippen molar-refractivity contribution in [1.29, 1.82) is 0 Å². The zero-order valence-corrected chi connectivity index (χ0v) is 12.9. The number of sulfonamides is 1. The Balaban J connectivity index is 3.40. The molecule has 0 spiro atoms. The molecule has 112 valence electrons. The minimum absolute atomic E-state index is 0.0268. The standard InChI is InChI=1S/C14H21FN2O2S/c1-5-17(9-10(2)3)20(18,19)14-7-12(8-16)6-13(15)11(14)4/h6-7H,2,5,8-9,16H2,1,3-4H3. The molecule has 1 aromatic carbocycles. The number of likely N-dealkylation sites (N-methyl/N-ethyl adjacent to an activating group) is 1. The van der Waals surface area contributed by atoms with Crippen LogP contribution in [0.1, 0.15) is 25.0 Å². The monoisotopic (exact) mass is 300 g/mol. The van der Waals surface area contributed by atoms with E-state index in [9.17, 15) is 12.8 Å². The van der Waals surface area contributed by atoms with Gasteiger partial charge in [0.1, 0.15) is 5.82 Å². The van der Waals surface area contributed by atoms with Gasteiger partial charge in [-0.1, -0.05) is 19.1 Å². The first-order valence-electron chi connectivity index (χ1n) is 6.37. The molecule has 0 aliphatic rings. The lowest BCUT2D eigenvalue weighted by Gasteiger charge is -2.22. The van der Waals surface area contributed by atoms with Crippen LogP contribution in [0.5, 0.6) is 0 Å². The number of halogens is 1. The van der Waals surface area contributed by atoms with Crippen LogP contribution in [0.15, 0.2) is 29.2 Å². The van der Waals surface area contributed by atoms with E-state index >= 15 is 0 Å². The molecule has 0 aliphatic heterocycles. The summed E-state index contributed by atoms with van der Waals surface area (Å²) in [5.41, 5.74) is 6.78. The van der Waals surface area contributed by atoms with E-state index in [1.807, 2.05) is 0 Å². The molecule has 0 bridgehead atoms. The molecule has 0 saturated carbocycles. The van der Waals surface area contributed by atoms with Crippen LogP contribution in [0, 0.1) is 12.7 Å². The minimum atomic E-state index is -3.76. The SMILES string of the molecule is C=C(C)CN(CC)S(=O)(=O)c1cc(CN)cc(F)c1C. The van der Waals surface area contributed by atoms with Crippen molar-refractivity contribution in [3.05, 3.63) is 41.2 Å². The molecule has 0 amide bonds. The first-order chi connectivity index (χ1) is 9.23. The van der Waals surface area contributed by atoms with Gasteiger partial charge in [0.2, 0.25) is 10.0 Å². The molecular weight excluding hydrogens is 279 g/mol. The maximum Gasteiger partial charge on any atom is 0.243 e. The number of benzene rings is 1. The molecule has 0 aromatic heterocycles. The Morgan fingerprint density at radius 2 is 2.05 bits per heavy atom. The average Bonchev–Trinajstić information content (AvgIpc) is 2.38. The quantitative estimate of drug-likeness (QED) is 0.819. The first-order valence-corrected chi connectivity index (χ1v) is 7.81. The Kier molecular flexibility index (Phi) is 5.44. The molecule has 2 N–H and O–H groups in total. The topological polar surface area (TPSA) is 63.4 Å². The van der Waals surface area contributed by atoms with Gasteiger partial charge in [0.05, 0.1) is 4.90 Å². The van der Waals surface area contributed by atoms with Crippen LogP contribution in [-0.4, -0.2) is 25.8 Å². The Bertz CT molecular complexity index is 612. The molecule has 0 aliphatic carbocycles. The summed E-state index contributed by atoms with van der Waals surface area (Å²) in [7, 11) is -3.76. The van der Waals surface area contributed by atoms with Crippen molar-refractivity contribution in [3.8, 4) is 0 Å². The maximum atomic E-state index is 13.8. The van der Waals surface area contributed by atoms with E-state index in [0.717, 1.165) is 5.57 Å². The minimum Gasteiger partial charge on any atom is -0.326 e. The highest BCUT2D eigenvalue weighted by molar-refractivity contribution is 7.89. The predicted octanol–water partition coefficient (Wildman–Crippen LogP) is 2.18. The van der Waals surface area contributed by atoms with E-state index in [-0.39, 0.29) is 23.5 Å². The van der Waals surface area contributed by atoms with Crippen molar-refractivity contribution in [1.82, 2.24) is 4.31 Å². The number of rotatable bonds is 6. The van der Waals surface area contributed by atoms with E-state index in [1.54, 1.807) is 13.8 Å². The van der Waals surface area contributed by atoms with Crippen LogP contribution >= 0.6 is 0 Å². The second kappa shape index (κ2) is 6.47. The molecular formula is C14H21FN2O2S. The molecule has 0 heterocycles. The Morgan fingerprint density at radius 1 is 1.45 bits per heavy atom. The molecule has 0 fully saturated rings. The molecule has 1 aromatic rings. The lowest BCUT2D eigenvalue weighted by Crippen LogP contribution is -2.33. The summed E-state index contributed by atoms with van der Waals surface area (Å²) in [5.74, 6) is -0.557. The van der Waals surface area contributed by atoms with Crippen LogP contribution in [0.3, 0.4) is 0 Å². The second-order valence-corrected chi connectivity index (χ2v) is 6.70. The van der Waals surface area contributed by atoms with E-state index in [1.165, 1.54) is 23.4 Å². The summed E-state index contributed by atoms with van der Waals surface area (Å²) < 4.78 is 40.3. The Labute approximate surface area is 120 Å². The van der Waals surface area contributed by atoms with Gasteiger partial charge in [0.15, 0.2) is 0 Å². The van der Waals surface area contributed by atoms with E-state index in [2.05, 4.69) is 6.58 Å². The van der Waals surface area contributed by atoms with E-state index < -0.39 is 15.8 Å². The summed E-state index contributed by atoms with van der Waals surface area (Å²) in [6.07, 6.45) is 0. The summed E-state index contributed by atoms with van der Waals surface area (Å²) >= 11 is 0. The predicted molar refractivity (Wildman–Crippen MR) is 78.3 cm³/mol. The fraction of sp³-hybridized carbons (Fsp3) is 0.429. The van der Waals surface area contributed by atoms with Crippen molar-refractivity contribution < 1.29 is 12.8 Å². The van der Waals surface area contributed by atoms with Gasteiger partial charge in [-0.2, -0.15) is 4.31 Å². The van der Waals surface area contributed by atoms with Gasteiger partial charge in [-0.15, -0.1) is 0 Å². The molecule has 4 nitrogen and oxygen atoms in total. The van der Waals surface area contributed by atoms with Crippen LogP contribution in [0.4, 0.5) is 4.39 Å². The van der Waals surface area contributed by atoms with Gasteiger partial charge in [0.25, 0.3) is 0 Å². The highest BCUT2D eigenvalue weighted by Gasteiger charge is 2.26. The average molecular weight is 300 g/mol. The molecule has 0 unspecified atom stereocenters. The fourth-order valence-electron chi connectivity index (χ4n) is 1.90. The van der Waals surface area contributed by atoms with Crippen molar-refractivity contribution in [2.75, 3.05) is 13.1 Å². The molecule has 0 atom stereocenters. The Hall–Kier alpha value is -1.24. The fourth-order valence-corrected chi connectivity index (χ4v) is 3.69. The summed E-state index contributed by atoms with van der Waals surface area (Å²) in [6.45, 7) is 9.27. The molecule has 0 saturated heterocycles. The lowest BCUT2D eigenvalue weighted by atomic mass is 10.1. The van der Waals surface area contributed by atoms with Crippen LogP contribution < -0.4 is 5.73 Å². The third-order valence-electron chi connectivity index (χ3n) is 3.01. The number of hydrogen-bond donors (Lipinski definition) is 1. The smallest absolute Gasteiger partial charge is 0.243 e. The van der Waals surface area contributed by atoms with E-state index in [0.29, 0.717) is 12.1 Å². The number of nitrogens with two attached hydrogens (primary N) is 1. The van der Waals surface area contributed by atoms with Crippen molar-refractivity contribution in [3.63, 3.8) is 0 Å². The lowest BCUT2D eigenvalue weighted by molar-refractivity contribution is 0.451. The van der Waals surface area contributed by atoms with Gasteiger partial charge >= 0.3 is 0 Å². The van der Waals surface area contributed by atoms with Crippen molar-refractivity contribution in [2.24, 2.45) is 5.73 Å². The van der Waals surface area contributed by atoms with Crippen LogP contribution in [0.2, 0.25) is 0 Å². The van der Waals surface area contributed by atoms with Gasteiger partial charge in [-0.25, -0.2) is 12.8 Å². The largest absolute Gasteiger partial charge is 0.326 e.